The number of aromatic nitrogens is 1. The Morgan fingerprint density at radius 3 is 2.74 bits per heavy atom. The maximum absolute atomic E-state index is 11.1. The maximum Gasteiger partial charge on any atom is 0.223 e. The lowest BCUT2D eigenvalue weighted by atomic mass is 10.2. The van der Waals surface area contributed by atoms with E-state index >= 15 is 0 Å². The second-order valence-corrected chi connectivity index (χ2v) is 8.18. The van der Waals surface area contributed by atoms with Crippen LogP contribution in [0.3, 0.4) is 0 Å². The number of anilines is 1. The summed E-state index contributed by atoms with van der Waals surface area (Å²) in [6.45, 7) is 3.25. The Balaban J connectivity index is 2.44. The molecule has 19 heavy (non-hydrogen) atoms. The van der Waals surface area contributed by atoms with Crippen LogP contribution >= 0.6 is 38.6 Å². The number of aryl methyl sites for hydroxylation is 1. The Bertz CT molecular complexity index is 665. The van der Waals surface area contributed by atoms with Crippen molar-refractivity contribution in [2.75, 3.05) is 5.32 Å². The number of thiophene rings is 1. The molecule has 0 aliphatic carbocycles. The molecule has 0 saturated carbocycles. The summed E-state index contributed by atoms with van der Waals surface area (Å²) in [4.78, 5) is 16.1. The minimum Gasteiger partial charge on any atom is -0.302 e. The van der Waals surface area contributed by atoms with Gasteiger partial charge in [0.15, 0.2) is 16.2 Å². The highest BCUT2D eigenvalue weighted by Gasteiger charge is 2.17. The standard InChI is InChI=1S/C10H9BrN2O3S3/c1-4-8(18-10(12-4)13-5(2)14)6-3-7(19(15)16)17-9(6)11/h3H,1-2H3,(H,15,16)(H,12,13,14). The van der Waals surface area contributed by atoms with Crippen LogP contribution in [0.25, 0.3) is 10.4 Å². The van der Waals surface area contributed by atoms with E-state index in [1.807, 2.05) is 6.92 Å². The number of halogens is 1. The van der Waals surface area contributed by atoms with Crippen molar-refractivity contribution in [3.05, 3.63) is 15.5 Å². The highest BCUT2D eigenvalue weighted by atomic mass is 79.9. The molecule has 0 radical (unpaired) electrons. The summed E-state index contributed by atoms with van der Waals surface area (Å²) in [5, 5.41) is 3.15. The number of rotatable bonds is 3. The summed E-state index contributed by atoms with van der Waals surface area (Å²) >= 11 is 3.92. The van der Waals surface area contributed by atoms with Gasteiger partial charge in [-0.15, -0.1) is 11.3 Å². The Hall–Kier alpha value is -0.610. The lowest BCUT2D eigenvalue weighted by Crippen LogP contribution is -2.04. The Labute approximate surface area is 128 Å². The van der Waals surface area contributed by atoms with E-state index in [4.69, 9.17) is 4.55 Å². The lowest BCUT2D eigenvalue weighted by Gasteiger charge is -1.94. The molecule has 2 heterocycles. The number of amides is 1. The smallest absolute Gasteiger partial charge is 0.223 e. The van der Waals surface area contributed by atoms with Crippen LogP contribution in [0.1, 0.15) is 12.6 Å². The molecule has 2 aromatic rings. The fourth-order valence-electron chi connectivity index (χ4n) is 1.44. The molecule has 102 valence electrons. The first-order valence-corrected chi connectivity index (χ1v) is 8.57. The lowest BCUT2D eigenvalue weighted by molar-refractivity contribution is -0.114. The number of hydrogen-bond donors (Lipinski definition) is 2. The van der Waals surface area contributed by atoms with Crippen molar-refractivity contribution < 1.29 is 13.6 Å². The van der Waals surface area contributed by atoms with Crippen LogP contribution in [-0.2, 0) is 15.9 Å². The van der Waals surface area contributed by atoms with E-state index in [1.165, 1.54) is 29.6 Å². The third kappa shape index (κ3) is 3.29. The highest BCUT2D eigenvalue weighted by Crippen LogP contribution is 2.42. The summed E-state index contributed by atoms with van der Waals surface area (Å²) in [6.07, 6.45) is 0. The van der Waals surface area contributed by atoms with Gasteiger partial charge in [0.05, 0.1) is 14.4 Å². The zero-order chi connectivity index (χ0) is 14.2. The second kappa shape index (κ2) is 5.80. The van der Waals surface area contributed by atoms with Crippen molar-refractivity contribution in [2.24, 2.45) is 0 Å². The molecular formula is C10H9BrN2O3S3. The van der Waals surface area contributed by atoms with Crippen molar-refractivity contribution in [3.8, 4) is 10.4 Å². The topological polar surface area (TPSA) is 79.3 Å². The third-order valence-corrected chi connectivity index (χ3v) is 6.04. The number of carbonyl (C=O) groups excluding carboxylic acids is 1. The molecule has 0 saturated heterocycles. The van der Waals surface area contributed by atoms with E-state index < -0.39 is 11.1 Å². The minimum atomic E-state index is -2.00. The molecule has 2 aromatic heterocycles. The molecular weight excluding hydrogens is 372 g/mol. The van der Waals surface area contributed by atoms with Gasteiger partial charge in [0, 0.05) is 12.5 Å². The van der Waals surface area contributed by atoms with E-state index in [0.717, 1.165) is 19.9 Å². The van der Waals surface area contributed by atoms with Gasteiger partial charge in [0.25, 0.3) is 0 Å². The third-order valence-electron chi connectivity index (χ3n) is 2.16. The van der Waals surface area contributed by atoms with E-state index in [2.05, 4.69) is 26.2 Å². The molecule has 0 fully saturated rings. The predicted molar refractivity (Wildman–Crippen MR) is 81.2 cm³/mol. The van der Waals surface area contributed by atoms with E-state index in [9.17, 15) is 9.00 Å². The molecule has 1 amide bonds. The number of hydrogen-bond acceptors (Lipinski definition) is 5. The molecule has 1 atom stereocenters. The van der Waals surface area contributed by atoms with Gasteiger partial charge in [-0.25, -0.2) is 9.19 Å². The van der Waals surface area contributed by atoms with Crippen LogP contribution in [-0.4, -0.2) is 19.7 Å². The van der Waals surface area contributed by atoms with Gasteiger partial charge in [0.1, 0.15) is 4.21 Å². The van der Waals surface area contributed by atoms with Gasteiger partial charge < -0.3 is 9.87 Å². The van der Waals surface area contributed by atoms with Crippen LogP contribution in [0.15, 0.2) is 14.1 Å². The van der Waals surface area contributed by atoms with E-state index in [-0.39, 0.29) is 5.91 Å². The van der Waals surface area contributed by atoms with Crippen LogP contribution in [0.2, 0.25) is 0 Å². The number of thiazole rings is 1. The van der Waals surface area contributed by atoms with Crippen molar-refractivity contribution >= 4 is 60.7 Å². The quantitative estimate of drug-likeness (QED) is 0.798. The van der Waals surface area contributed by atoms with Crippen LogP contribution < -0.4 is 5.32 Å². The molecule has 0 aliphatic rings. The molecule has 0 aliphatic heterocycles. The number of nitrogens with one attached hydrogen (secondary N) is 1. The van der Waals surface area contributed by atoms with Gasteiger partial charge in [-0.1, -0.05) is 11.3 Å². The van der Waals surface area contributed by atoms with Crippen molar-refractivity contribution in [1.29, 1.82) is 0 Å². The largest absolute Gasteiger partial charge is 0.302 e. The minimum absolute atomic E-state index is 0.179. The molecule has 0 aromatic carbocycles. The first-order chi connectivity index (χ1) is 8.88. The summed E-state index contributed by atoms with van der Waals surface area (Å²) in [5.41, 5.74) is 1.58. The maximum atomic E-state index is 11.1. The fourth-order valence-corrected chi connectivity index (χ4v) is 5.20. The molecule has 2 rings (SSSR count). The average molecular weight is 381 g/mol. The summed E-state index contributed by atoms with van der Waals surface area (Å²) in [7, 11) is 0. The molecule has 1 unspecified atom stereocenters. The molecule has 2 N–H and O–H groups in total. The Morgan fingerprint density at radius 1 is 1.53 bits per heavy atom. The van der Waals surface area contributed by atoms with E-state index in [1.54, 1.807) is 6.07 Å². The SMILES string of the molecule is CC(=O)Nc1nc(C)c(-c2cc(S(=O)O)sc2Br)s1. The molecule has 0 bridgehead atoms. The zero-order valence-corrected chi connectivity index (χ0v) is 13.9. The molecule has 0 spiro atoms. The van der Waals surface area contributed by atoms with Crippen LogP contribution in [0.4, 0.5) is 5.13 Å². The van der Waals surface area contributed by atoms with Crippen molar-refractivity contribution in [2.45, 2.75) is 18.1 Å². The van der Waals surface area contributed by atoms with Crippen LogP contribution in [0.5, 0.6) is 0 Å². The van der Waals surface area contributed by atoms with Gasteiger partial charge in [-0.2, -0.15) is 0 Å². The summed E-state index contributed by atoms with van der Waals surface area (Å²) in [6, 6.07) is 1.66. The van der Waals surface area contributed by atoms with Crippen molar-refractivity contribution in [3.63, 3.8) is 0 Å². The Kier molecular flexibility index (Phi) is 4.51. The van der Waals surface area contributed by atoms with Gasteiger partial charge in [0.2, 0.25) is 5.91 Å². The van der Waals surface area contributed by atoms with Crippen LogP contribution in [0, 0.1) is 6.92 Å². The Morgan fingerprint density at radius 2 is 2.21 bits per heavy atom. The first kappa shape index (κ1) is 14.8. The van der Waals surface area contributed by atoms with Gasteiger partial charge in [-0.3, -0.25) is 4.79 Å². The number of nitrogens with zero attached hydrogens (tertiary/aromatic N) is 1. The summed E-state index contributed by atoms with van der Waals surface area (Å²) in [5.74, 6) is -0.179. The predicted octanol–water partition coefficient (Wildman–Crippen LogP) is 3.48. The second-order valence-electron chi connectivity index (χ2n) is 3.62. The summed E-state index contributed by atoms with van der Waals surface area (Å²) < 4.78 is 21.3. The first-order valence-electron chi connectivity index (χ1n) is 5.04. The average Bonchev–Trinajstić information content (AvgIpc) is 2.81. The normalized spacial score (nSPS) is 12.4. The monoisotopic (exact) mass is 380 g/mol. The van der Waals surface area contributed by atoms with Gasteiger partial charge >= 0.3 is 0 Å². The zero-order valence-electron chi connectivity index (χ0n) is 9.89. The van der Waals surface area contributed by atoms with E-state index in [0.29, 0.717) is 9.34 Å². The molecule has 9 heteroatoms. The highest BCUT2D eigenvalue weighted by molar-refractivity contribution is 9.11. The van der Waals surface area contributed by atoms with Gasteiger partial charge in [-0.05, 0) is 28.9 Å². The number of carbonyl (C=O) groups is 1. The van der Waals surface area contributed by atoms with Crippen molar-refractivity contribution in [1.82, 2.24) is 4.98 Å². The molecule has 5 nitrogen and oxygen atoms in total. The fraction of sp³-hybridized carbons (Fsp3) is 0.200.